The second-order valence-corrected chi connectivity index (χ2v) is 9.75. The fraction of sp³-hybridized carbons (Fsp3) is 0.259. The van der Waals surface area contributed by atoms with E-state index in [4.69, 9.17) is 16.7 Å². The van der Waals surface area contributed by atoms with Crippen LogP contribution in [0.1, 0.15) is 51.6 Å². The van der Waals surface area contributed by atoms with E-state index in [2.05, 4.69) is 15.6 Å². The lowest BCUT2D eigenvalue weighted by atomic mass is 9.69. The summed E-state index contributed by atoms with van der Waals surface area (Å²) in [4.78, 5) is 43.0. The van der Waals surface area contributed by atoms with Crippen molar-refractivity contribution in [1.29, 1.82) is 0 Å². The Labute approximate surface area is 222 Å². The minimum Gasteiger partial charge on any atom is -0.478 e. The Bertz CT molecular complexity index is 1440. The van der Waals surface area contributed by atoms with Crippen LogP contribution in [0.25, 0.3) is 0 Å². The zero-order valence-corrected chi connectivity index (χ0v) is 21.6. The van der Waals surface area contributed by atoms with Crippen molar-refractivity contribution < 1.29 is 28.3 Å². The summed E-state index contributed by atoms with van der Waals surface area (Å²) in [6.07, 6.45) is 0. The van der Waals surface area contributed by atoms with Gasteiger partial charge in [0.1, 0.15) is 22.6 Å². The van der Waals surface area contributed by atoms with Crippen LogP contribution in [0.2, 0.25) is 5.02 Å². The van der Waals surface area contributed by atoms with Gasteiger partial charge in [-0.05, 0) is 41.3 Å². The number of anilines is 2. The maximum absolute atomic E-state index is 14.4. The average molecular weight is 543 g/mol. The summed E-state index contributed by atoms with van der Waals surface area (Å²) in [5.41, 5.74) is -0.149. The number of aromatic carboxylic acids is 1. The molecule has 11 heteroatoms. The second kappa shape index (κ2) is 10.4. The smallest absolute Gasteiger partial charge is 0.340 e. The van der Waals surface area contributed by atoms with Gasteiger partial charge in [0.05, 0.1) is 16.3 Å². The number of hydrogen-bond acceptors (Lipinski definition) is 5. The van der Waals surface area contributed by atoms with E-state index in [9.17, 15) is 23.2 Å². The van der Waals surface area contributed by atoms with Crippen LogP contribution in [0.4, 0.5) is 20.3 Å². The van der Waals surface area contributed by atoms with Gasteiger partial charge in [0.15, 0.2) is 0 Å². The van der Waals surface area contributed by atoms with E-state index in [-0.39, 0.29) is 41.1 Å². The van der Waals surface area contributed by atoms with E-state index in [0.717, 1.165) is 29.3 Å². The van der Waals surface area contributed by atoms with Crippen LogP contribution in [-0.4, -0.2) is 48.0 Å². The summed E-state index contributed by atoms with van der Waals surface area (Å²) < 4.78 is 28.7. The highest BCUT2D eigenvalue weighted by molar-refractivity contribution is 6.31. The molecular formula is C27H25ClF2N4O4. The third-order valence-electron chi connectivity index (χ3n) is 6.62. The lowest BCUT2D eigenvalue weighted by Gasteiger charge is -2.50. The summed E-state index contributed by atoms with van der Waals surface area (Å²) in [5.74, 6) is -4.21. The van der Waals surface area contributed by atoms with Gasteiger partial charge in [-0.2, -0.15) is 4.39 Å². The van der Waals surface area contributed by atoms with Crippen molar-refractivity contribution in [3.63, 3.8) is 0 Å². The Hall–Kier alpha value is -4.05. The Morgan fingerprint density at radius 2 is 1.76 bits per heavy atom. The number of carboxylic acids is 1. The number of nitrogens with one attached hydrogen (secondary N) is 2. The number of nitrogens with zero attached hydrogens (tertiary/aromatic N) is 2. The van der Waals surface area contributed by atoms with Gasteiger partial charge >= 0.3 is 5.97 Å². The first-order valence-corrected chi connectivity index (χ1v) is 12.1. The molecule has 2 amide bonds. The highest BCUT2D eigenvalue weighted by Gasteiger charge is 2.52. The zero-order valence-electron chi connectivity index (χ0n) is 20.8. The number of aromatic nitrogens is 1. The fourth-order valence-corrected chi connectivity index (χ4v) is 4.78. The number of carbonyl (C=O) groups excluding carboxylic acids is 2. The molecule has 0 saturated carbocycles. The maximum Gasteiger partial charge on any atom is 0.340 e. The number of carboxylic acid groups (broad SMARTS) is 1. The van der Waals surface area contributed by atoms with Gasteiger partial charge in [0, 0.05) is 20.1 Å². The SMILES string of the molecule is CNC(=O)c1cc(Cl)c(F)cc1NC(=O)C1(c2ccccc2C(C)C)CN(c2ccc(C(=O)O)c(F)n2)C1. The van der Waals surface area contributed by atoms with Gasteiger partial charge in [-0.25, -0.2) is 14.2 Å². The van der Waals surface area contributed by atoms with Gasteiger partial charge in [-0.15, -0.1) is 0 Å². The predicted molar refractivity (Wildman–Crippen MR) is 139 cm³/mol. The van der Waals surface area contributed by atoms with Crippen molar-refractivity contribution in [3.8, 4) is 0 Å². The molecule has 8 nitrogen and oxygen atoms in total. The van der Waals surface area contributed by atoms with Crippen LogP contribution >= 0.6 is 11.6 Å². The molecule has 1 aromatic heterocycles. The first kappa shape index (κ1) is 27.0. The molecule has 198 valence electrons. The number of rotatable bonds is 7. The monoisotopic (exact) mass is 542 g/mol. The third kappa shape index (κ3) is 4.79. The molecule has 1 aliphatic heterocycles. The first-order valence-electron chi connectivity index (χ1n) is 11.7. The molecular weight excluding hydrogens is 518 g/mol. The second-order valence-electron chi connectivity index (χ2n) is 9.34. The third-order valence-corrected chi connectivity index (χ3v) is 6.91. The van der Waals surface area contributed by atoms with Crippen LogP contribution in [0.5, 0.6) is 0 Å². The maximum atomic E-state index is 14.4. The molecule has 1 fully saturated rings. The van der Waals surface area contributed by atoms with E-state index in [1.165, 1.54) is 13.1 Å². The van der Waals surface area contributed by atoms with Gasteiger partial charge in [-0.3, -0.25) is 9.59 Å². The molecule has 0 radical (unpaired) electrons. The van der Waals surface area contributed by atoms with Crippen LogP contribution < -0.4 is 15.5 Å². The van der Waals surface area contributed by atoms with Crippen LogP contribution in [0.3, 0.4) is 0 Å². The highest BCUT2D eigenvalue weighted by Crippen LogP contribution is 2.42. The molecule has 0 bridgehead atoms. The molecule has 0 aliphatic carbocycles. The molecule has 4 rings (SSSR count). The fourth-order valence-electron chi connectivity index (χ4n) is 4.61. The molecule has 1 aliphatic rings. The van der Waals surface area contributed by atoms with Crippen molar-refractivity contribution in [2.45, 2.75) is 25.2 Å². The summed E-state index contributed by atoms with van der Waals surface area (Å²) >= 11 is 5.88. The molecule has 2 aromatic carbocycles. The topological polar surface area (TPSA) is 112 Å². The van der Waals surface area contributed by atoms with Gasteiger partial charge in [0.25, 0.3) is 5.91 Å². The number of halogens is 3. The molecule has 38 heavy (non-hydrogen) atoms. The number of benzene rings is 2. The first-order chi connectivity index (χ1) is 18.0. The normalized spacial score (nSPS) is 14.1. The lowest BCUT2D eigenvalue weighted by molar-refractivity contribution is -0.122. The number of hydrogen-bond donors (Lipinski definition) is 3. The molecule has 1 saturated heterocycles. The highest BCUT2D eigenvalue weighted by atomic mass is 35.5. The zero-order chi connectivity index (χ0) is 27.8. The lowest BCUT2D eigenvalue weighted by Crippen LogP contribution is -2.66. The summed E-state index contributed by atoms with van der Waals surface area (Å²) in [7, 11) is 1.40. The Morgan fingerprint density at radius 3 is 2.37 bits per heavy atom. The number of carbonyl (C=O) groups is 3. The average Bonchev–Trinajstić information content (AvgIpc) is 2.85. The number of amides is 2. The van der Waals surface area contributed by atoms with Crippen molar-refractivity contribution in [3.05, 3.63) is 87.6 Å². The summed E-state index contributed by atoms with van der Waals surface area (Å²) in [6, 6.07) is 12.0. The Balaban J connectivity index is 1.75. The summed E-state index contributed by atoms with van der Waals surface area (Å²) in [5, 5.41) is 14.0. The van der Waals surface area contributed by atoms with Gasteiger partial charge in [-0.1, -0.05) is 49.7 Å². The molecule has 3 aromatic rings. The van der Waals surface area contributed by atoms with Crippen molar-refractivity contribution in [2.75, 3.05) is 30.4 Å². The molecule has 3 N–H and O–H groups in total. The van der Waals surface area contributed by atoms with Gasteiger partial charge in [0.2, 0.25) is 11.9 Å². The van der Waals surface area contributed by atoms with E-state index >= 15 is 0 Å². The van der Waals surface area contributed by atoms with Crippen molar-refractivity contribution in [1.82, 2.24) is 10.3 Å². The standard InChI is InChI=1S/C27H25ClF2N4O4/c1-14(2)15-6-4-5-7-18(15)27(12-34(13-27)22-9-8-16(25(36)37)23(30)33-22)26(38)32-21-11-20(29)19(28)10-17(21)24(35)31-3/h4-11,14H,12-13H2,1-3H3,(H,31,35)(H,32,38)(H,36,37). The van der Waals surface area contributed by atoms with E-state index in [0.29, 0.717) is 0 Å². The minimum absolute atomic E-state index is 0.0104. The molecule has 0 unspecified atom stereocenters. The minimum atomic E-state index is -1.44. The Morgan fingerprint density at radius 1 is 1.08 bits per heavy atom. The summed E-state index contributed by atoms with van der Waals surface area (Å²) in [6.45, 7) is 4.13. The quantitative estimate of drug-likeness (QED) is 0.377. The molecule has 2 heterocycles. The van der Waals surface area contributed by atoms with Crippen molar-refractivity contribution in [2.24, 2.45) is 0 Å². The predicted octanol–water partition coefficient (Wildman–Crippen LogP) is 4.59. The molecule has 0 atom stereocenters. The van der Waals surface area contributed by atoms with Gasteiger partial charge < -0.3 is 20.6 Å². The van der Waals surface area contributed by atoms with Crippen LogP contribution in [0.15, 0.2) is 48.5 Å². The van der Waals surface area contributed by atoms with Crippen LogP contribution in [-0.2, 0) is 10.2 Å². The van der Waals surface area contributed by atoms with E-state index < -0.39 is 40.5 Å². The number of pyridine rings is 1. The van der Waals surface area contributed by atoms with E-state index in [1.807, 2.05) is 32.0 Å². The molecule has 0 spiro atoms. The van der Waals surface area contributed by atoms with Crippen LogP contribution in [0, 0.1) is 11.8 Å². The largest absolute Gasteiger partial charge is 0.478 e. The van der Waals surface area contributed by atoms with E-state index in [1.54, 1.807) is 11.0 Å². The van der Waals surface area contributed by atoms with Crippen molar-refractivity contribution >= 4 is 40.9 Å². The Kier molecular flexibility index (Phi) is 7.37.